The van der Waals surface area contributed by atoms with Crippen molar-refractivity contribution in [3.8, 4) is 0 Å². The summed E-state index contributed by atoms with van der Waals surface area (Å²) < 4.78 is 42.3. The van der Waals surface area contributed by atoms with Crippen LogP contribution in [-0.2, 0) is 22.9 Å². The fourth-order valence-corrected chi connectivity index (χ4v) is 7.69. The van der Waals surface area contributed by atoms with Gasteiger partial charge < -0.3 is 0 Å². The number of rotatable bonds is 9. The fourth-order valence-electron chi connectivity index (χ4n) is 6.08. The molecule has 0 radical (unpaired) electrons. The number of sulfonamides is 1. The third-order valence-corrected chi connectivity index (χ3v) is 10.5. The molecule has 2 aromatic carbocycles. The predicted molar refractivity (Wildman–Crippen MR) is 143 cm³/mol. The zero-order valence-corrected chi connectivity index (χ0v) is 22.2. The number of hydrogen-bond acceptors (Lipinski definition) is 3. The molecule has 4 nitrogen and oxygen atoms in total. The van der Waals surface area contributed by atoms with Gasteiger partial charge in [-0.25, -0.2) is 17.1 Å². The molecular weight excluding hydrogens is 495 g/mol. The van der Waals surface area contributed by atoms with Crippen LogP contribution in [0.15, 0.2) is 48.6 Å². The van der Waals surface area contributed by atoms with E-state index in [0.29, 0.717) is 24.7 Å². The summed E-state index contributed by atoms with van der Waals surface area (Å²) in [4.78, 5) is 2.53. The number of likely N-dealkylation sites (tertiary alicyclic amines) is 1. The van der Waals surface area contributed by atoms with Crippen molar-refractivity contribution < 1.29 is 12.8 Å². The van der Waals surface area contributed by atoms with E-state index in [1.807, 2.05) is 24.3 Å². The van der Waals surface area contributed by atoms with Gasteiger partial charge in [-0.2, -0.15) is 0 Å². The van der Waals surface area contributed by atoms with Gasteiger partial charge in [-0.3, -0.25) is 4.90 Å². The van der Waals surface area contributed by atoms with E-state index in [-0.39, 0.29) is 23.4 Å². The van der Waals surface area contributed by atoms with Crippen molar-refractivity contribution in [2.45, 2.75) is 56.4 Å². The van der Waals surface area contributed by atoms with Gasteiger partial charge in [-0.15, -0.1) is 0 Å². The van der Waals surface area contributed by atoms with Crippen molar-refractivity contribution >= 4 is 21.6 Å². The van der Waals surface area contributed by atoms with Crippen LogP contribution < -0.4 is 0 Å². The number of halogens is 2. The molecule has 2 saturated heterocycles. The van der Waals surface area contributed by atoms with E-state index in [1.54, 1.807) is 12.1 Å². The second kappa shape index (κ2) is 9.86. The lowest BCUT2D eigenvalue weighted by Gasteiger charge is -2.40. The normalized spacial score (nSPS) is 25.2. The highest BCUT2D eigenvalue weighted by Crippen LogP contribution is 2.43. The lowest BCUT2D eigenvalue weighted by Crippen LogP contribution is -2.49. The maximum Gasteiger partial charge on any atom is 0.217 e. The lowest BCUT2D eigenvalue weighted by atomic mass is 9.85. The molecule has 0 aromatic heterocycles. The van der Waals surface area contributed by atoms with Crippen molar-refractivity contribution in [3.63, 3.8) is 0 Å². The summed E-state index contributed by atoms with van der Waals surface area (Å²) in [6.07, 6.45) is 10.3. The Hall–Kier alpha value is -1.73. The maximum atomic E-state index is 15.3. The standard InChI is InChI=1S/C29H34ClFN2O2S/c30-24-7-3-6-21(13-24)14-27-25-17-26(28(31)15-22(25)16-29(27)32-10-4-11-32)23-18-33(19-23)36(34,35)12-2-1-5-20-8-9-20/h1-3,6-7,13,15,17,20,23,27,29H,4-5,8-12,14,16,18-19H2. The Morgan fingerprint density at radius 1 is 1.06 bits per heavy atom. The predicted octanol–water partition coefficient (Wildman–Crippen LogP) is 5.52. The van der Waals surface area contributed by atoms with Crippen LogP contribution in [0.5, 0.6) is 0 Å². The Morgan fingerprint density at radius 3 is 2.56 bits per heavy atom. The van der Waals surface area contributed by atoms with Crippen LogP contribution in [0, 0.1) is 11.7 Å². The molecule has 2 aliphatic carbocycles. The van der Waals surface area contributed by atoms with E-state index in [9.17, 15) is 8.42 Å². The van der Waals surface area contributed by atoms with Gasteiger partial charge in [0, 0.05) is 36.0 Å². The Kier molecular flexibility index (Phi) is 6.74. The minimum Gasteiger partial charge on any atom is -0.299 e. The van der Waals surface area contributed by atoms with Crippen LogP contribution in [0.1, 0.15) is 59.8 Å². The molecule has 7 heteroatoms. The van der Waals surface area contributed by atoms with E-state index >= 15 is 4.39 Å². The number of allylic oxidation sites excluding steroid dienone is 1. The summed E-state index contributed by atoms with van der Waals surface area (Å²) in [7, 11) is -3.33. The van der Waals surface area contributed by atoms with Crippen molar-refractivity contribution in [3.05, 3.63) is 81.6 Å². The lowest BCUT2D eigenvalue weighted by molar-refractivity contribution is 0.106. The second-order valence-corrected chi connectivity index (χ2v) is 13.6. The highest BCUT2D eigenvalue weighted by molar-refractivity contribution is 7.89. The van der Waals surface area contributed by atoms with Gasteiger partial charge in [0.1, 0.15) is 5.82 Å². The SMILES string of the molecule is O=S(=O)(CC=CCC1CC1)N1CC(c2cc3c(cc2F)CC(N2CCC2)C3Cc2cccc(Cl)c2)C1. The molecule has 1 saturated carbocycles. The fraction of sp³-hybridized carbons (Fsp3) is 0.517. The topological polar surface area (TPSA) is 40.6 Å². The van der Waals surface area contributed by atoms with Gasteiger partial charge in [0.2, 0.25) is 10.0 Å². The zero-order chi connectivity index (χ0) is 24.9. The van der Waals surface area contributed by atoms with E-state index in [4.69, 9.17) is 11.6 Å². The summed E-state index contributed by atoms with van der Waals surface area (Å²) >= 11 is 6.27. The van der Waals surface area contributed by atoms with Gasteiger partial charge in [0.25, 0.3) is 0 Å². The zero-order valence-electron chi connectivity index (χ0n) is 20.6. The van der Waals surface area contributed by atoms with Crippen molar-refractivity contribution in [2.75, 3.05) is 31.9 Å². The van der Waals surface area contributed by atoms with Gasteiger partial charge in [-0.1, -0.05) is 42.0 Å². The first-order chi connectivity index (χ1) is 17.4. The molecule has 192 valence electrons. The Morgan fingerprint density at radius 2 is 1.86 bits per heavy atom. The molecule has 36 heavy (non-hydrogen) atoms. The molecule has 0 amide bonds. The minimum atomic E-state index is -3.33. The third kappa shape index (κ3) is 5.02. The molecule has 3 fully saturated rings. The molecule has 2 heterocycles. The maximum absolute atomic E-state index is 15.3. The van der Waals surface area contributed by atoms with E-state index in [1.165, 1.54) is 34.7 Å². The van der Waals surface area contributed by atoms with Crippen LogP contribution in [0.4, 0.5) is 4.39 Å². The summed E-state index contributed by atoms with van der Waals surface area (Å²) in [6, 6.07) is 12.2. The number of nitrogens with zero attached hydrogens (tertiary/aromatic N) is 2. The van der Waals surface area contributed by atoms with Crippen molar-refractivity contribution in [2.24, 2.45) is 5.92 Å². The number of fused-ring (bicyclic) bond motifs is 1. The van der Waals surface area contributed by atoms with Crippen LogP contribution in [0.2, 0.25) is 5.02 Å². The first kappa shape index (κ1) is 24.6. The van der Waals surface area contributed by atoms with Crippen molar-refractivity contribution in [1.82, 2.24) is 9.21 Å². The quantitative estimate of drug-likeness (QED) is 0.402. The average molecular weight is 529 g/mol. The summed E-state index contributed by atoms with van der Waals surface area (Å²) in [5, 5.41) is 0.740. The van der Waals surface area contributed by atoms with E-state index in [2.05, 4.69) is 17.0 Å². The highest BCUT2D eigenvalue weighted by atomic mass is 35.5. The van der Waals surface area contributed by atoms with Gasteiger partial charge in [0.05, 0.1) is 5.75 Å². The first-order valence-electron chi connectivity index (χ1n) is 13.3. The second-order valence-electron chi connectivity index (χ2n) is 11.1. The largest absolute Gasteiger partial charge is 0.299 e. The van der Waals surface area contributed by atoms with Gasteiger partial charge in [0.15, 0.2) is 0 Å². The third-order valence-electron chi connectivity index (χ3n) is 8.58. The number of hydrogen-bond donors (Lipinski definition) is 0. The van der Waals surface area contributed by atoms with Crippen molar-refractivity contribution in [1.29, 1.82) is 0 Å². The molecule has 2 aliphatic heterocycles. The molecule has 2 atom stereocenters. The number of benzene rings is 2. The molecule has 0 spiro atoms. The van der Waals surface area contributed by atoms with Crippen LogP contribution in [-0.4, -0.2) is 55.6 Å². The Labute approximate surface area is 219 Å². The van der Waals surface area contributed by atoms with Crippen LogP contribution in [0.3, 0.4) is 0 Å². The monoisotopic (exact) mass is 528 g/mol. The molecule has 2 unspecified atom stereocenters. The van der Waals surface area contributed by atoms with Crippen LogP contribution in [0.25, 0.3) is 0 Å². The molecule has 0 N–H and O–H groups in total. The summed E-state index contributed by atoms with van der Waals surface area (Å²) in [5.74, 6) is 0.803. The van der Waals surface area contributed by atoms with Crippen LogP contribution >= 0.6 is 11.6 Å². The van der Waals surface area contributed by atoms with Gasteiger partial charge >= 0.3 is 0 Å². The van der Waals surface area contributed by atoms with E-state index in [0.717, 1.165) is 48.9 Å². The van der Waals surface area contributed by atoms with E-state index < -0.39 is 10.0 Å². The molecule has 2 aromatic rings. The highest BCUT2D eigenvalue weighted by Gasteiger charge is 2.41. The first-order valence-corrected chi connectivity index (χ1v) is 15.3. The average Bonchev–Trinajstić information content (AvgIpc) is 3.53. The van der Waals surface area contributed by atoms with Gasteiger partial charge in [-0.05, 0) is 98.0 Å². The smallest absolute Gasteiger partial charge is 0.217 e. The summed E-state index contributed by atoms with van der Waals surface area (Å²) in [5.41, 5.74) is 4.20. The Balaban J connectivity index is 1.18. The molecule has 6 rings (SSSR count). The molecule has 4 aliphatic rings. The molecular formula is C29H34ClFN2O2S. The summed E-state index contributed by atoms with van der Waals surface area (Å²) in [6.45, 7) is 2.93. The molecule has 0 bridgehead atoms. The Bertz CT molecular complexity index is 1270. The minimum absolute atomic E-state index is 0.0400.